The molecule has 1 aliphatic heterocycles. The van der Waals surface area contributed by atoms with Gasteiger partial charge in [-0.3, -0.25) is 44.0 Å². The first kappa shape index (κ1) is 41.5. The molecule has 5 heterocycles. The smallest absolute Gasteiger partial charge is 0.348 e. The lowest BCUT2D eigenvalue weighted by molar-refractivity contribution is -0.380. The fourth-order valence-electron chi connectivity index (χ4n) is 7.78. The first-order chi connectivity index (χ1) is 28.9. The summed E-state index contributed by atoms with van der Waals surface area (Å²) < 4.78 is 1.68. The van der Waals surface area contributed by atoms with Gasteiger partial charge in [-0.25, -0.2) is 15.0 Å². The number of nitro groups is 1. The molecule has 60 heavy (non-hydrogen) atoms. The van der Waals surface area contributed by atoms with Crippen molar-refractivity contribution in [1.29, 1.82) is 0 Å². The van der Waals surface area contributed by atoms with E-state index in [1.165, 1.54) is 19.9 Å². The Balaban J connectivity index is 0.868. The number of hydrogen-bond donors (Lipinski definition) is 3. The predicted molar refractivity (Wildman–Crippen MR) is 227 cm³/mol. The Morgan fingerprint density at radius 2 is 1.65 bits per heavy atom. The molecule has 312 valence electrons. The highest BCUT2D eigenvalue weighted by Gasteiger charge is 2.27. The molecule has 5 aromatic rings. The Morgan fingerprint density at radius 1 is 0.917 bits per heavy atom. The number of hydrogen-bond acceptors (Lipinski definition) is 14. The van der Waals surface area contributed by atoms with E-state index in [0.717, 1.165) is 42.7 Å². The van der Waals surface area contributed by atoms with Crippen LogP contribution in [0.15, 0.2) is 53.6 Å². The first-order valence-corrected chi connectivity index (χ1v) is 20.7. The molecule has 3 amide bonds. The molecule has 1 aromatic carbocycles. The van der Waals surface area contributed by atoms with Crippen LogP contribution in [0.4, 0.5) is 33.3 Å². The molecule has 0 spiro atoms. The maximum atomic E-state index is 13.5. The maximum absolute atomic E-state index is 13.5. The van der Waals surface area contributed by atoms with Crippen molar-refractivity contribution in [1.82, 2.24) is 29.4 Å². The third-order valence-corrected chi connectivity index (χ3v) is 11.9. The zero-order valence-electron chi connectivity index (χ0n) is 33.5. The van der Waals surface area contributed by atoms with E-state index in [1.807, 2.05) is 17.0 Å². The average Bonchev–Trinajstić information content (AvgIpc) is 3.89. The monoisotopic (exact) mass is 835 g/mol. The number of carbonyl (C=O) groups is 4. The zero-order chi connectivity index (χ0) is 42.5. The van der Waals surface area contributed by atoms with Gasteiger partial charge in [0.25, 0.3) is 11.5 Å². The van der Waals surface area contributed by atoms with Crippen molar-refractivity contribution >= 4 is 79.1 Å². The van der Waals surface area contributed by atoms with Crippen LogP contribution in [0.3, 0.4) is 0 Å². The number of Topliss-reactive ketones (excluding diaryl/α,β-unsaturated/α-hetero) is 1. The normalized spacial score (nSPS) is 14.3. The summed E-state index contributed by atoms with van der Waals surface area (Å²) in [6, 6.07) is 10.2. The van der Waals surface area contributed by atoms with E-state index in [9.17, 15) is 34.1 Å². The van der Waals surface area contributed by atoms with Crippen molar-refractivity contribution < 1.29 is 24.1 Å². The molecule has 2 aliphatic rings. The molecule has 0 bridgehead atoms. The van der Waals surface area contributed by atoms with Crippen LogP contribution in [0.1, 0.15) is 96.3 Å². The van der Waals surface area contributed by atoms with E-state index in [0.29, 0.717) is 79.5 Å². The number of amides is 3. The molecule has 1 saturated carbocycles. The van der Waals surface area contributed by atoms with Gasteiger partial charge in [0, 0.05) is 56.6 Å². The second-order valence-electron chi connectivity index (χ2n) is 14.9. The van der Waals surface area contributed by atoms with E-state index in [1.54, 1.807) is 42.1 Å². The van der Waals surface area contributed by atoms with Crippen molar-refractivity contribution in [3.63, 3.8) is 0 Å². The molecule has 0 atom stereocenters. The van der Waals surface area contributed by atoms with Crippen LogP contribution in [-0.4, -0.2) is 84.0 Å². The number of fused-ring (bicyclic) bond motifs is 1. The van der Waals surface area contributed by atoms with Gasteiger partial charge in [0.1, 0.15) is 17.2 Å². The summed E-state index contributed by atoms with van der Waals surface area (Å²) in [6.07, 6.45) is 8.60. The van der Waals surface area contributed by atoms with Crippen LogP contribution in [0.5, 0.6) is 0 Å². The minimum Gasteiger partial charge on any atom is -0.367 e. The zero-order valence-corrected chi connectivity index (χ0v) is 34.3. The Bertz CT molecular complexity index is 2520. The van der Waals surface area contributed by atoms with Crippen molar-refractivity contribution in [3.05, 3.63) is 91.6 Å². The molecule has 0 unspecified atom stereocenters. The number of anilines is 5. The van der Waals surface area contributed by atoms with Gasteiger partial charge in [0.15, 0.2) is 10.9 Å². The lowest BCUT2D eigenvalue weighted by Gasteiger charge is -2.36. The molecular weight excluding hydrogens is 791 g/mol. The molecule has 1 saturated heterocycles. The van der Waals surface area contributed by atoms with Gasteiger partial charge in [-0.15, -0.1) is 0 Å². The predicted octanol–water partition coefficient (Wildman–Crippen LogP) is 6.33. The van der Waals surface area contributed by atoms with Crippen LogP contribution < -0.4 is 26.4 Å². The SMILES string of the molecule is CC(=O)c1c(C)c2cnc(Nc3ccc(N4CCN(C(=O)CCCCC(=O)Nc5ccccc5C(=O)Nc5nc(C)c([N+](=O)[O-])s5)CC4)cn3)nc2n(C2CCCC2)c1=O. The Hall–Kier alpha value is -6.63. The van der Waals surface area contributed by atoms with E-state index >= 15 is 0 Å². The first-order valence-electron chi connectivity index (χ1n) is 19.9. The average molecular weight is 836 g/mol. The molecular formula is C41H45N11O7S. The summed E-state index contributed by atoms with van der Waals surface area (Å²) in [5.74, 6) is -0.292. The van der Waals surface area contributed by atoms with Crippen LogP contribution in [0.25, 0.3) is 11.0 Å². The standard InChI is InChI=1S/C41H45N11O7S/c1-24-30-23-43-40(47-36(30)51(27-10-4-5-11-27)38(57)35(24)26(3)53)46-32-17-16-28(22-42-32)49-18-20-50(21-19-49)34(55)15-9-8-14-33(54)45-31-13-7-6-12-29(31)37(56)48-41-44-25(2)39(60-41)52(58)59/h6-7,12-13,16-17,22-23,27H,4-5,8-11,14-15,18-21H2,1-3H3,(H,45,54)(H,44,48,56)(H,42,43,46,47). The summed E-state index contributed by atoms with van der Waals surface area (Å²) in [6.45, 7) is 7.01. The molecule has 4 aromatic heterocycles. The summed E-state index contributed by atoms with van der Waals surface area (Å²) in [7, 11) is 0. The Morgan fingerprint density at radius 3 is 2.33 bits per heavy atom. The van der Waals surface area contributed by atoms with Gasteiger partial charge >= 0.3 is 5.00 Å². The Kier molecular flexibility index (Phi) is 12.5. The van der Waals surface area contributed by atoms with E-state index in [-0.39, 0.29) is 62.6 Å². The number of aryl methyl sites for hydroxylation is 2. The van der Waals surface area contributed by atoms with E-state index in [4.69, 9.17) is 4.98 Å². The van der Waals surface area contributed by atoms with Crippen molar-refractivity contribution in [2.45, 2.75) is 78.2 Å². The van der Waals surface area contributed by atoms with Crippen molar-refractivity contribution in [2.24, 2.45) is 0 Å². The molecule has 1 aliphatic carbocycles. The number of carbonyl (C=O) groups excluding carboxylic acids is 4. The van der Waals surface area contributed by atoms with Crippen LogP contribution in [-0.2, 0) is 9.59 Å². The van der Waals surface area contributed by atoms with Gasteiger partial charge in [0.2, 0.25) is 17.8 Å². The lowest BCUT2D eigenvalue weighted by atomic mass is 10.0. The molecule has 7 rings (SSSR count). The van der Waals surface area contributed by atoms with Gasteiger partial charge in [0.05, 0.1) is 33.6 Å². The maximum Gasteiger partial charge on any atom is 0.348 e. The number of para-hydroxylation sites is 1. The minimum absolute atomic E-state index is 0.0220. The summed E-state index contributed by atoms with van der Waals surface area (Å²) in [5, 5.41) is 20.2. The van der Waals surface area contributed by atoms with Gasteiger partial charge < -0.3 is 20.4 Å². The van der Waals surface area contributed by atoms with E-state index in [2.05, 4.69) is 35.8 Å². The van der Waals surface area contributed by atoms with Crippen LogP contribution >= 0.6 is 11.3 Å². The number of nitrogens with zero attached hydrogens (tertiary/aromatic N) is 8. The molecule has 3 N–H and O–H groups in total. The largest absolute Gasteiger partial charge is 0.367 e. The highest BCUT2D eigenvalue weighted by Crippen LogP contribution is 2.33. The Labute approximate surface area is 348 Å². The third-order valence-electron chi connectivity index (χ3n) is 10.9. The number of pyridine rings is 2. The lowest BCUT2D eigenvalue weighted by Crippen LogP contribution is -2.48. The number of piperazine rings is 1. The number of benzene rings is 1. The number of rotatable bonds is 14. The summed E-state index contributed by atoms with van der Waals surface area (Å²) >= 11 is 0.756. The highest BCUT2D eigenvalue weighted by atomic mass is 32.1. The highest BCUT2D eigenvalue weighted by molar-refractivity contribution is 7.19. The minimum atomic E-state index is -0.562. The summed E-state index contributed by atoms with van der Waals surface area (Å²) in [5.41, 5.74) is 2.55. The molecule has 19 heteroatoms. The quantitative estimate of drug-likeness (QED) is 0.0482. The number of aromatic nitrogens is 5. The topological polar surface area (TPSA) is 228 Å². The molecule has 18 nitrogen and oxygen atoms in total. The van der Waals surface area contributed by atoms with Gasteiger partial charge in [-0.05, 0) is 87.6 Å². The number of nitrogens with one attached hydrogen (secondary N) is 3. The van der Waals surface area contributed by atoms with Crippen molar-refractivity contribution in [3.8, 4) is 0 Å². The fourth-order valence-corrected chi connectivity index (χ4v) is 8.56. The molecule has 2 fully saturated rings. The second-order valence-corrected chi connectivity index (χ2v) is 15.9. The fraction of sp³-hybridized carbons (Fsp3) is 0.390. The third kappa shape index (κ3) is 9.15. The molecule has 0 radical (unpaired) electrons. The number of thiazole rings is 1. The van der Waals surface area contributed by atoms with Crippen LogP contribution in [0.2, 0.25) is 0 Å². The summed E-state index contributed by atoms with van der Waals surface area (Å²) in [4.78, 5) is 97.2. The number of ketones is 1. The van der Waals surface area contributed by atoms with Crippen LogP contribution in [0, 0.1) is 24.0 Å². The van der Waals surface area contributed by atoms with Crippen molar-refractivity contribution in [2.75, 3.05) is 47.0 Å². The number of unbranched alkanes of at least 4 members (excludes halogenated alkanes) is 1. The second kappa shape index (κ2) is 18.1. The van der Waals surface area contributed by atoms with Gasteiger partial charge in [-0.1, -0.05) is 25.0 Å². The van der Waals surface area contributed by atoms with E-state index < -0.39 is 10.8 Å². The van der Waals surface area contributed by atoms with Gasteiger partial charge in [-0.2, -0.15) is 4.98 Å².